The first-order chi connectivity index (χ1) is 7.51. The van der Waals surface area contributed by atoms with E-state index in [2.05, 4.69) is 11.8 Å². The van der Waals surface area contributed by atoms with Crippen LogP contribution < -0.4 is 0 Å². The number of carboxylic acids is 2. The van der Waals surface area contributed by atoms with Crippen molar-refractivity contribution in [1.29, 1.82) is 0 Å². The van der Waals surface area contributed by atoms with Crippen molar-refractivity contribution < 1.29 is 19.8 Å². The van der Waals surface area contributed by atoms with Crippen LogP contribution in [0.3, 0.4) is 0 Å². The molecule has 0 heterocycles. The second-order valence-corrected chi connectivity index (χ2v) is 3.91. The maximum Gasteiger partial charge on any atom is 0.307 e. The molecule has 0 aromatic carbocycles. The van der Waals surface area contributed by atoms with Crippen LogP contribution in [0.5, 0.6) is 0 Å². The van der Waals surface area contributed by atoms with Crippen LogP contribution in [0.15, 0.2) is 0 Å². The van der Waals surface area contributed by atoms with Gasteiger partial charge in [-0.2, -0.15) is 0 Å². The van der Waals surface area contributed by atoms with E-state index in [4.69, 9.17) is 23.1 Å². The molecule has 4 nitrogen and oxygen atoms in total. The lowest BCUT2D eigenvalue weighted by Crippen LogP contribution is -1.97. The number of aliphatic carboxylic acids is 2. The van der Waals surface area contributed by atoms with Crippen molar-refractivity contribution in [1.82, 2.24) is 0 Å². The Balaban J connectivity index is 0.000000160. The summed E-state index contributed by atoms with van der Waals surface area (Å²) in [5.41, 5.74) is 0. The maximum atomic E-state index is 10.0. The number of rotatable bonds is 2. The van der Waals surface area contributed by atoms with Crippen LogP contribution in [0.25, 0.3) is 0 Å². The fraction of sp³-hybridized carbons (Fsp3) is 0.500. The van der Waals surface area contributed by atoms with Gasteiger partial charge in [0.2, 0.25) is 0 Å². The normalized spacial score (nSPS) is 33.4. The summed E-state index contributed by atoms with van der Waals surface area (Å²) in [4.78, 5) is 20.1. The van der Waals surface area contributed by atoms with Gasteiger partial charge in [0.25, 0.3) is 0 Å². The largest absolute Gasteiger partial charge is 0.481 e. The molecule has 0 bridgehead atoms. The standard InChI is InChI=1S/2C6H6O2/c2*1-2-4-3-5(4)6(7)8/h2*1,4-5H,3H2,(H,7,8)/t2*4-,5+/m10/s1. The van der Waals surface area contributed by atoms with Gasteiger partial charge in [-0.1, -0.05) is 0 Å². The van der Waals surface area contributed by atoms with E-state index in [9.17, 15) is 9.59 Å². The number of terminal acetylenes is 2. The summed E-state index contributed by atoms with van der Waals surface area (Å²) in [5, 5.41) is 16.5. The summed E-state index contributed by atoms with van der Waals surface area (Å²) in [5.74, 6) is 2.84. The zero-order valence-corrected chi connectivity index (χ0v) is 8.59. The van der Waals surface area contributed by atoms with Gasteiger partial charge in [-0.05, 0) is 12.8 Å². The molecule has 0 saturated heterocycles. The highest BCUT2D eigenvalue weighted by molar-refractivity contribution is 5.74. The molecule has 0 unspecified atom stereocenters. The fourth-order valence-corrected chi connectivity index (χ4v) is 1.30. The number of carbonyl (C=O) groups is 2. The van der Waals surface area contributed by atoms with Gasteiger partial charge >= 0.3 is 11.9 Å². The van der Waals surface area contributed by atoms with Crippen LogP contribution in [0.4, 0.5) is 0 Å². The van der Waals surface area contributed by atoms with Gasteiger partial charge < -0.3 is 10.2 Å². The summed E-state index contributed by atoms with van der Waals surface area (Å²) >= 11 is 0. The van der Waals surface area contributed by atoms with Crippen LogP contribution in [-0.4, -0.2) is 22.2 Å². The van der Waals surface area contributed by atoms with Gasteiger partial charge in [-0.3, -0.25) is 9.59 Å². The van der Waals surface area contributed by atoms with Crippen molar-refractivity contribution >= 4 is 11.9 Å². The van der Waals surface area contributed by atoms with Crippen molar-refractivity contribution in [3.8, 4) is 24.7 Å². The van der Waals surface area contributed by atoms with Crippen molar-refractivity contribution in [2.75, 3.05) is 0 Å². The van der Waals surface area contributed by atoms with Crippen LogP contribution in [0, 0.1) is 48.4 Å². The third-order valence-corrected chi connectivity index (χ3v) is 2.64. The second kappa shape index (κ2) is 4.72. The molecule has 16 heavy (non-hydrogen) atoms. The third kappa shape index (κ3) is 3.03. The number of hydrogen-bond donors (Lipinski definition) is 2. The van der Waals surface area contributed by atoms with Gasteiger partial charge in [0.1, 0.15) is 0 Å². The summed E-state index contributed by atoms with van der Waals surface area (Å²) in [7, 11) is 0. The number of hydrogen-bond acceptors (Lipinski definition) is 2. The average Bonchev–Trinajstić information content (AvgIpc) is 3.11. The Morgan fingerprint density at radius 1 is 0.938 bits per heavy atom. The topological polar surface area (TPSA) is 74.6 Å². The van der Waals surface area contributed by atoms with E-state index in [1.807, 2.05) is 0 Å². The second-order valence-electron chi connectivity index (χ2n) is 3.91. The molecule has 2 rings (SSSR count). The lowest BCUT2D eigenvalue weighted by atomic mass is 10.3. The van der Waals surface area contributed by atoms with Crippen LogP contribution in [0.1, 0.15) is 12.8 Å². The van der Waals surface area contributed by atoms with Crippen molar-refractivity contribution in [2.45, 2.75) is 12.8 Å². The molecule has 0 aliphatic heterocycles. The monoisotopic (exact) mass is 220 g/mol. The lowest BCUT2D eigenvalue weighted by Gasteiger charge is -1.79. The minimum atomic E-state index is -0.757. The minimum absolute atomic E-state index is 0.0208. The minimum Gasteiger partial charge on any atom is -0.481 e. The van der Waals surface area contributed by atoms with Gasteiger partial charge in [0.15, 0.2) is 0 Å². The van der Waals surface area contributed by atoms with Gasteiger partial charge in [0.05, 0.1) is 11.8 Å². The molecule has 2 saturated carbocycles. The molecule has 2 aliphatic rings. The first kappa shape index (κ1) is 12.1. The molecule has 2 aliphatic carbocycles. The molecule has 0 aromatic rings. The molecular weight excluding hydrogens is 208 g/mol. The molecule has 0 spiro atoms. The molecule has 4 heteroatoms. The number of carboxylic acid groups (broad SMARTS) is 2. The molecule has 0 radical (unpaired) electrons. The molecular formula is C12H12O4. The molecule has 0 aromatic heterocycles. The van der Waals surface area contributed by atoms with Gasteiger partial charge in [-0.15, -0.1) is 24.7 Å². The molecule has 0 amide bonds. The van der Waals surface area contributed by atoms with E-state index in [1.54, 1.807) is 0 Å². The summed E-state index contributed by atoms with van der Waals surface area (Å²) in [6.45, 7) is 0. The zero-order valence-electron chi connectivity index (χ0n) is 8.59. The first-order valence-corrected chi connectivity index (χ1v) is 4.89. The van der Waals surface area contributed by atoms with E-state index in [0.717, 1.165) is 0 Å². The predicted molar refractivity (Wildman–Crippen MR) is 56.1 cm³/mol. The Morgan fingerprint density at radius 2 is 1.25 bits per heavy atom. The highest BCUT2D eigenvalue weighted by Gasteiger charge is 2.42. The lowest BCUT2D eigenvalue weighted by molar-refractivity contribution is -0.139. The Bertz CT molecular complexity index is 347. The van der Waals surface area contributed by atoms with Gasteiger partial charge in [-0.25, -0.2) is 0 Å². The summed E-state index contributed by atoms with van der Waals surface area (Å²) in [6.07, 6.45) is 11.2. The van der Waals surface area contributed by atoms with Crippen LogP contribution in [0.2, 0.25) is 0 Å². The fourth-order valence-electron chi connectivity index (χ4n) is 1.30. The van der Waals surface area contributed by atoms with Crippen molar-refractivity contribution in [3.63, 3.8) is 0 Å². The summed E-state index contributed by atoms with van der Waals surface area (Å²) < 4.78 is 0. The van der Waals surface area contributed by atoms with E-state index < -0.39 is 11.9 Å². The molecule has 4 atom stereocenters. The van der Waals surface area contributed by atoms with Crippen LogP contribution >= 0.6 is 0 Å². The highest BCUT2D eigenvalue weighted by Crippen LogP contribution is 2.37. The summed E-state index contributed by atoms with van der Waals surface area (Å²) in [6, 6.07) is 0. The average molecular weight is 220 g/mol. The highest BCUT2D eigenvalue weighted by atomic mass is 16.4. The van der Waals surface area contributed by atoms with E-state index >= 15 is 0 Å². The molecule has 2 fully saturated rings. The van der Waals surface area contributed by atoms with Crippen LogP contribution in [-0.2, 0) is 9.59 Å². The molecule has 2 N–H and O–H groups in total. The van der Waals surface area contributed by atoms with Crippen molar-refractivity contribution in [3.05, 3.63) is 0 Å². The molecule has 84 valence electrons. The Kier molecular flexibility index (Phi) is 3.58. The first-order valence-electron chi connectivity index (χ1n) is 4.89. The SMILES string of the molecule is C#C[C@@H]1C[C@@H]1C(=O)O.C#C[C@H]1C[C@H]1C(=O)O. The van der Waals surface area contributed by atoms with E-state index in [1.165, 1.54) is 0 Å². The third-order valence-electron chi connectivity index (χ3n) is 2.64. The maximum absolute atomic E-state index is 10.0. The smallest absolute Gasteiger partial charge is 0.307 e. The zero-order chi connectivity index (χ0) is 12.3. The Labute approximate surface area is 93.7 Å². The Hall–Kier alpha value is -1.94. The van der Waals surface area contributed by atoms with Crippen molar-refractivity contribution in [2.24, 2.45) is 23.7 Å². The quantitative estimate of drug-likeness (QED) is 0.671. The Morgan fingerprint density at radius 3 is 1.31 bits per heavy atom. The van der Waals surface area contributed by atoms with E-state index in [-0.39, 0.29) is 23.7 Å². The van der Waals surface area contributed by atoms with E-state index in [0.29, 0.717) is 12.8 Å². The van der Waals surface area contributed by atoms with Gasteiger partial charge in [0, 0.05) is 11.8 Å². The predicted octanol–water partition coefficient (Wildman–Crippen LogP) is 0.681.